The van der Waals surface area contributed by atoms with E-state index in [-0.39, 0.29) is 11.9 Å². The smallest absolute Gasteiger partial charge is 0.251 e. The van der Waals surface area contributed by atoms with Gasteiger partial charge in [-0.05, 0) is 41.8 Å². The summed E-state index contributed by atoms with van der Waals surface area (Å²) < 4.78 is 2.15. The van der Waals surface area contributed by atoms with Crippen molar-refractivity contribution in [2.75, 3.05) is 17.3 Å². The van der Waals surface area contributed by atoms with Gasteiger partial charge in [-0.15, -0.1) is 0 Å². The van der Waals surface area contributed by atoms with Crippen LogP contribution in [-0.4, -0.2) is 28.5 Å². The highest BCUT2D eigenvalue weighted by molar-refractivity contribution is 5.96. The van der Waals surface area contributed by atoms with Gasteiger partial charge in [-0.1, -0.05) is 24.8 Å². The summed E-state index contributed by atoms with van der Waals surface area (Å²) in [5.41, 5.74) is 4.89. The molecule has 0 saturated carbocycles. The second-order valence-electron chi connectivity index (χ2n) is 7.64. The van der Waals surface area contributed by atoms with E-state index in [0.717, 1.165) is 53.5 Å². The molecule has 6 heteroatoms. The van der Waals surface area contributed by atoms with Crippen LogP contribution >= 0.6 is 0 Å². The molecule has 3 heterocycles. The molecule has 1 amide bonds. The third-order valence-electron chi connectivity index (χ3n) is 5.79. The Balaban J connectivity index is 1.35. The second kappa shape index (κ2) is 6.81. The fraction of sp³-hybridized carbons (Fsp3) is 0.217. The lowest BCUT2D eigenvalue weighted by atomic mass is 10.0. The minimum Gasteiger partial charge on any atom is -0.349 e. The maximum absolute atomic E-state index is 12.9. The third-order valence-corrected chi connectivity index (χ3v) is 5.79. The number of amides is 1. The lowest BCUT2D eigenvalue weighted by Crippen LogP contribution is -2.40. The third kappa shape index (κ3) is 3.16. The summed E-state index contributed by atoms with van der Waals surface area (Å²) in [6, 6.07) is 14.2. The summed E-state index contributed by atoms with van der Waals surface area (Å²) in [5.74, 6) is 1.86. The first-order valence-electron chi connectivity index (χ1n) is 9.83. The number of hydrogen-bond donors (Lipinski definition) is 2. The molecule has 2 aromatic carbocycles. The molecule has 2 aliphatic rings. The maximum Gasteiger partial charge on any atom is 0.251 e. The molecule has 0 fully saturated rings. The molecule has 0 spiro atoms. The summed E-state index contributed by atoms with van der Waals surface area (Å²) in [4.78, 5) is 19.3. The number of carbonyl (C=O) groups excluding carboxylic acids is 1. The largest absolute Gasteiger partial charge is 0.349 e. The number of fused-ring (bicyclic) bond motifs is 2. The monoisotopic (exact) mass is 385 g/mol. The van der Waals surface area contributed by atoms with Gasteiger partial charge in [0.15, 0.2) is 0 Å². The predicted octanol–water partition coefficient (Wildman–Crippen LogP) is 3.63. The standard InChI is InChI=1S/C23H23N5O/c1-15-25-20-7-6-17(13-21(20)27(15)2)16-4-3-5-18(12-16)23(29)26-19-8-10-28-11-9-24-22(28)14-19/h3-7,9,11-13,19,25H,1,8,10,14H2,2H3,(H,26,29). The van der Waals surface area contributed by atoms with Crippen molar-refractivity contribution in [1.82, 2.24) is 14.9 Å². The number of benzene rings is 2. The molecule has 0 bridgehead atoms. The zero-order valence-corrected chi connectivity index (χ0v) is 16.4. The number of imidazole rings is 1. The highest BCUT2D eigenvalue weighted by atomic mass is 16.1. The SMILES string of the molecule is C=C1Nc2ccc(-c3cccc(C(=O)NC4CCn5ccnc5C4)c3)cc2N1C. The van der Waals surface area contributed by atoms with Crippen LogP contribution in [0.2, 0.25) is 0 Å². The van der Waals surface area contributed by atoms with Crippen LogP contribution in [0.4, 0.5) is 11.4 Å². The average molecular weight is 385 g/mol. The Bertz CT molecular complexity index is 1120. The Labute approximate surface area is 169 Å². The molecule has 6 nitrogen and oxygen atoms in total. The molecule has 146 valence electrons. The van der Waals surface area contributed by atoms with E-state index >= 15 is 0 Å². The molecule has 1 atom stereocenters. The number of nitrogens with one attached hydrogen (secondary N) is 2. The summed E-state index contributed by atoms with van der Waals surface area (Å²) in [5, 5.41) is 6.44. The van der Waals surface area contributed by atoms with Crippen LogP contribution in [0.3, 0.4) is 0 Å². The van der Waals surface area contributed by atoms with Crippen LogP contribution in [0, 0.1) is 0 Å². The van der Waals surface area contributed by atoms with Gasteiger partial charge in [-0.3, -0.25) is 4.79 Å². The van der Waals surface area contributed by atoms with E-state index in [1.54, 1.807) is 0 Å². The molecule has 3 aromatic rings. The van der Waals surface area contributed by atoms with Crippen LogP contribution in [0.15, 0.2) is 67.3 Å². The molecule has 0 saturated heterocycles. The Morgan fingerprint density at radius 1 is 1.24 bits per heavy atom. The van der Waals surface area contributed by atoms with Crippen molar-refractivity contribution in [3.63, 3.8) is 0 Å². The van der Waals surface area contributed by atoms with Crippen molar-refractivity contribution in [1.29, 1.82) is 0 Å². The van der Waals surface area contributed by atoms with E-state index in [2.05, 4.69) is 45.0 Å². The number of anilines is 2. The summed E-state index contributed by atoms with van der Waals surface area (Å²) in [6.45, 7) is 4.90. The van der Waals surface area contributed by atoms with Crippen LogP contribution < -0.4 is 15.5 Å². The quantitative estimate of drug-likeness (QED) is 0.723. The first-order valence-corrected chi connectivity index (χ1v) is 9.83. The Kier molecular flexibility index (Phi) is 4.12. The van der Waals surface area contributed by atoms with E-state index in [1.165, 1.54) is 0 Å². The highest BCUT2D eigenvalue weighted by Crippen LogP contribution is 2.37. The van der Waals surface area contributed by atoms with Gasteiger partial charge in [0.1, 0.15) is 11.6 Å². The predicted molar refractivity (Wildman–Crippen MR) is 115 cm³/mol. The topological polar surface area (TPSA) is 62.2 Å². The van der Waals surface area contributed by atoms with Gasteiger partial charge in [0.05, 0.1) is 11.4 Å². The Morgan fingerprint density at radius 3 is 3.00 bits per heavy atom. The first kappa shape index (κ1) is 17.6. The van der Waals surface area contributed by atoms with E-state index in [1.807, 2.05) is 48.6 Å². The molecular weight excluding hydrogens is 362 g/mol. The molecule has 2 aliphatic heterocycles. The molecule has 0 aliphatic carbocycles. The molecule has 5 rings (SSSR count). The van der Waals surface area contributed by atoms with E-state index < -0.39 is 0 Å². The number of aryl methyl sites for hydroxylation is 1. The van der Waals surface area contributed by atoms with Crippen LogP contribution in [0.1, 0.15) is 22.6 Å². The number of aromatic nitrogens is 2. The Hall–Kier alpha value is -3.54. The van der Waals surface area contributed by atoms with Crippen molar-refractivity contribution >= 4 is 17.3 Å². The van der Waals surface area contributed by atoms with Crippen molar-refractivity contribution in [3.8, 4) is 11.1 Å². The fourth-order valence-corrected chi connectivity index (χ4v) is 4.06. The van der Waals surface area contributed by atoms with Gasteiger partial charge >= 0.3 is 0 Å². The van der Waals surface area contributed by atoms with Gasteiger partial charge in [0, 0.05) is 44.0 Å². The molecule has 1 unspecified atom stereocenters. The van der Waals surface area contributed by atoms with Crippen molar-refractivity contribution in [2.45, 2.75) is 25.4 Å². The molecule has 0 radical (unpaired) electrons. The summed E-state index contributed by atoms with van der Waals surface area (Å²) in [6.07, 6.45) is 5.51. The first-order chi connectivity index (χ1) is 14.1. The molecule has 2 N–H and O–H groups in total. The van der Waals surface area contributed by atoms with Crippen molar-refractivity contribution < 1.29 is 4.79 Å². The zero-order valence-electron chi connectivity index (χ0n) is 16.4. The van der Waals surface area contributed by atoms with Gasteiger partial charge in [-0.25, -0.2) is 4.98 Å². The fourth-order valence-electron chi connectivity index (χ4n) is 4.06. The maximum atomic E-state index is 12.9. The average Bonchev–Trinajstić information content (AvgIpc) is 3.32. The van der Waals surface area contributed by atoms with Gasteiger partial charge < -0.3 is 20.1 Å². The zero-order chi connectivity index (χ0) is 20.0. The van der Waals surface area contributed by atoms with Gasteiger partial charge in [0.25, 0.3) is 5.91 Å². The Morgan fingerprint density at radius 2 is 2.10 bits per heavy atom. The lowest BCUT2D eigenvalue weighted by molar-refractivity contribution is 0.0930. The summed E-state index contributed by atoms with van der Waals surface area (Å²) in [7, 11) is 1.99. The molecular formula is C23H23N5O. The highest BCUT2D eigenvalue weighted by Gasteiger charge is 2.22. The second-order valence-corrected chi connectivity index (χ2v) is 7.64. The number of rotatable bonds is 3. The normalized spacial score (nSPS) is 17.5. The molecule has 29 heavy (non-hydrogen) atoms. The summed E-state index contributed by atoms with van der Waals surface area (Å²) >= 11 is 0. The number of hydrogen-bond acceptors (Lipinski definition) is 4. The number of nitrogens with zero attached hydrogens (tertiary/aromatic N) is 3. The minimum absolute atomic E-state index is 0.0369. The molecule has 1 aromatic heterocycles. The van der Waals surface area contributed by atoms with Crippen LogP contribution in [0.5, 0.6) is 0 Å². The lowest BCUT2D eigenvalue weighted by Gasteiger charge is -2.24. The van der Waals surface area contributed by atoms with E-state index in [4.69, 9.17) is 0 Å². The van der Waals surface area contributed by atoms with Crippen LogP contribution in [0.25, 0.3) is 11.1 Å². The van der Waals surface area contributed by atoms with Crippen molar-refractivity contribution in [2.24, 2.45) is 0 Å². The van der Waals surface area contributed by atoms with Gasteiger partial charge in [0.2, 0.25) is 0 Å². The van der Waals surface area contributed by atoms with E-state index in [0.29, 0.717) is 5.56 Å². The van der Waals surface area contributed by atoms with Crippen LogP contribution in [-0.2, 0) is 13.0 Å². The van der Waals surface area contributed by atoms with E-state index in [9.17, 15) is 4.79 Å². The minimum atomic E-state index is -0.0369. The van der Waals surface area contributed by atoms with Gasteiger partial charge in [-0.2, -0.15) is 0 Å². The number of carbonyl (C=O) groups is 1. The van der Waals surface area contributed by atoms with Crippen molar-refractivity contribution in [3.05, 3.63) is 78.6 Å².